The fourth-order valence-corrected chi connectivity index (χ4v) is 3.57. The molecule has 0 saturated carbocycles. The molecule has 24 heavy (non-hydrogen) atoms. The summed E-state index contributed by atoms with van der Waals surface area (Å²) in [5.74, 6) is 1.23. The summed E-state index contributed by atoms with van der Waals surface area (Å²) >= 11 is 4.91. The number of amides is 1. The molecule has 0 atom stereocenters. The van der Waals surface area contributed by atoms with E-state index in [9.17, 15) is 4.79 Å². The van der Waals surface area contributed by atoms with Gasteiger partial charge < -0.3 is 14.8 Å². The van der Waals surface area contributed by atoms with Gasteiger partial charge in [0.1, 0.15) is 18.2 Å². The molecule has 0 radical (unpaired) electrons. The maximum atomic E-state index is 12.3. The van der Waals surface area contributed by atoms with Crippen LogP contribution in [-0.2, 0) is 17.6 Å². The van der Waals surface area contributed by atoms with Gasteiger partial charge in [0.2, 0.25) is 11.0 Å². The van der Waals surface area contributed by atoms with Gasteiger partial charge in [-0.15, -0.1) is 10.2 Å². The largest absolute Gasteiger partial charge is 0.486 e. The van der Waals surface area contributed by atoms with Gasteiger partial charge in [-0.05, 0) is 24.1 Å². The lowest BCUT2D eigenvalue weighted by molar-refractivity contribution is -0.115. The molecule has 1 N–H and O–H groups in total. The number of fused-ring (bicyclic) bond motifs is 1. The van der Waals surface area contributed by atoms with E-state index in [0.29, 0.717) is 29.8 Å². The number of carbonyl (C=O) groups is 1. The van der Waals surface area contributed by atoms with Crippen molar-refractivity contribution in [3.05, 3.63) is 27.2 Å². The van der Waals surface area contributed by atoms with E-state index >= 15 is 0 Å². The number of benzene rings is 1. The fourth-order valence-electron chi connectivity index (χ4n) is 2.31. The first-order valence-corrected chi connectivity index (χ1v) is 9.47. The topological polar surface area (TPSA) is 73.3 Å². The number of hydrogen-bond donors (Lipinski definition) is 1. The van der Waals surface area contributed by atoms with Crippen LogP contribution in [-0.4, -0.2) is 29.3 Å². The number of nitrogens with zero attached hydrogens (tertiary/aromatic N) is 2. The van der Waals surface area contributed by atoms with Crippen LogP contribution in [0.3, 0.4) is 0 Å². The Kier molecular flexibility index (Phi) is 5.68. The van der Waals surface area contributed by atoms with E-state index in [1.807, 2.05) is 12.1 Å². The molecular weight excluding hydrogens is 394 g/mol. The molecule has 3 rings (SSSR count). The minimum absolute atomic E-state index is 0.134. The molecule has 0 fully saturated rings. The van der Waals surface area contributed by atoms with Crippen LogP contribution in [0.5, 0.6) is 11.5 Å². The summed E-state index contributed by atoms with van der Waals surface area (Å²) in [5, 5.41) is 12.4. The summed E-state index contributed by atoms with van der Waals surface area (Å²) in [6, 6.07) is 3.68. The normalized spacial score (nSPS) is 12.9. The first-order chi connectivity index (χ1) is 11.7. The van der Waals surface area contributed by atoms with Gasteiger partial charge in [-0.25, -0.2) is 0 Å². The molecule has 0 saturated heterocycles. The van der Waals surface area contributed by atoms with Crippen molar-refractivity contribution in [1.82, 2.24) is 10.2 Å². The Morgan fingerprint density at radius 3 is 2.79 bits per heavy atom. The molecule has 1 aliphatic rings. The molecule has 0 spiro atoms. The molecule has 8 heteroatoms. The van der Waals surface area contributed by atoms with Gasteiger partial charge >= 0.3 is 0 Å². The number of anilines is 1. The number of rotatable bonds is 6. The summed E-state index contributed by atoms with van der Waals surface area (Å²) in [4.78, 5) is 12.3. The number of hydrogen-bond acceptors (Lipinski definition) is 6. The van der Waals surface area contributed by atoms with Crippen molar-refractivity contribution in [2.75, 3.05) is 18.5 Å². The van der Waals surface area contributed by atoms with Gasteiger partial charge in [0.25, 0.3) is 0 Å². The highest BCUT2D eigenvalue weighted by Crippen LogP contribution is 2.35. The Morgan fingerprint density at radius 1 is 1.29 bits per heavy atom. The SMILES string of the molecule is CCCCc1nnc(NC(=O)Cc2cc3c(cc2Br)OCCO3)s1. The Bertz CT molecular complexity index is 735. The Labute approximate surface area is 152 Å². The second-order valence-corrected chi connectivity index (χ2v) is 7.33. The standard InChI is InChI=1S/C16H18BrN3O3S/c1-2-3-4-15-19-20-16(24-15)18-14(21)8-10-7-12-13(9-11(10)17)23-6-5-22-12/h7,9H,2-6,8H2,1H3,(H,18,20,21). The number of aromatic nitrogens is 2. The average molecular weight is 412 g/mol. The monoisotopic (exact) mass is 411 g/mol. The van der Waals surface area contributed by atoms with Crippen LogP contribution in [0.15, 0.2) is 16.6 Å². The van der Waals surface area contributed by atoms with Crippen LogP contribution in [0.25, 0.3) is 0 Å². The van der Waals surface area contributed by atoms with Crippen molar-refractivity contribution in [2.45, 2.75) is 32.6 Å². The van der Waals surface area contributed by atoms with Crippen LogP contribution >= 0.6 is 27.3 Å². The summed E-state index contributed by atoms with van der Waals surface area (Å²) in [6.45, 7) is 3.19. The Morgan fingerprint density at radius 2 is 2.04 bits per heavy atom. The van der Waals surface area contributed by atoms with Crippen molar-refractivity contribution in [1.29, 1.82) is 0 Å². The summed E-state index contributed by atoms with van der Waals surface area (Å²) in [7, 11) is 0. The quantitative estimate of drug-likeness (QED) is 0.785. The number of halogens is 1. The van der Waals surface area contributed by atoms with Crippen molar-refractivity contribution in [3.8, 4) is 11.5 Å². The zero-order chi connectivity index (χ0) is 16.9. The number of ether oxygens (including phenoxy) is 2. The van der Waals surface area contributed by atoms with Crippen molar-refractivity contribution in [3.63, 3.8) is 0 Å². The molecule has 1 aromatic heterocycles. The Balaban J connectivity index is 1.63. The lowest BCUT2D eigenvalue weighted by Gasteiger charge is -2.19. The summed E-state index contributed by atoms with van der Waals surface area (Å²) in [5.41, 5.74) is 0.840. The smallest absolute Gasteiger partial charge is 0.230 e. The highest BCUT2D eigenvalue weighted by atomic mass is 79.9. The number of nitrogens with one attached hydrogen (secondary N) is 1. The maximum absolute atomic E-state index is 12.3. The lowest BCUT2D eigenvalue weighted by atomic mass is 10.1. The molecule has 1 aromatic carbocycles. The zero-order valence-corrected chi connectivity index (χ0v) is 15.7. The Hall–Kier alpha value is -1.67. The predicted octanol–water partition coefficient (Wildman–Crippen LogP) is 3.60. The third-order valence-corrected chi connectivity index (χ3v) is 5.16. The second-order valence-electron chi connectivity index (χ2n) is 5.42. The number of carbonyl (C=O) groups excluding carboxylic acids is 1. The fraction of sp³-hybridized carbons (Fsp3) is 0.438. The molecule has 128 valence electrons. The van der Waals surface area contributed by atoms with E-state index in [2.05, 4.69) is 38.4 Å². The minimum atomic E-state index is -0.134. The molecule has 6 nitrogen and oxygen atoms in total. The highest BCUT2D eigenvalue weighted by molar-refractivity contribution is 9.10. The van der Waals surface area contributed by atoms with Crippen molar-refractivity contribution in [2.24, 2.45) is 0 Å². The summed E-state index contributed by atoms with van der Waals surface area (Å²) < 4.78 is 11.9. The predicted molar refractivity (Wildman–Crippen MR) is 96.0 cm³/mol. The number of unbranched alkanes of at least 4 members (excludes halogenated alkanes) is 1. The molecule has 0 bridgehead atoms. The van der Waals surface area contributed by atoms with Gasteiger partial charge in [0.05, 0.1) is 6.42 Å². The zero-order valence-electron chi connectivity index (χ0n) is 13.3. The average Bonchev–Trinajstić information content (AvgIpc) is 3.01. The van der Waals surface area contributed by atoms with Crippen LogP contribution in [0.2, 0.25) is 0 Å². The highest BCUT2D eigenvalue weighted by Gasteiger charge is 2.17. The first kappa shape index (κ1) is 17.2. The van der Waals surface area contributed by atoms with E-state index in [1.54, 1.807) is 0 Å². The summed E-state index contributed by atoms with van der Waals surface area (Å²) in [6.07, 6.45) is 3.31. The third-order valence-electron chi connectivity index (χ3n) is 3.52. The number of aryl methyl sites for hydroxylation is 1. The molecule has 1 aliphatic heterocycles. The van der Waals surface area contributed by atoms with Gasteiger partial charge in [-0.3, -0.25) is 4.79 Å². The van der Waals surface area contributed by atoms with E-state index in [1.165, 1.54) is 11.3 Å². The molecule has 1 amide bonds. The van der Waals surface area contributed by atoms with Crippen LogP contribution < -0.4 is 14.8 Å². The van der Waals surface area contributed by atoms with Crippen LogP contribution in [0, 0.1) is 0 Å². The van der Waals surface area contributed by atoms with E-state index in [4.69, 9.17) is 9.47 Å². The van der Waals surface area contributed by atoms with Crippen molar-refractivity contribution < 1.29 is 14.3 Å². The van der Waals surface area contributed by atoms with Crippen LogP contribution in [0.1, 0.15) is 30.3 Å². The molecule has 0 unspecified atom stereocenters. The van der Waals surface area contributed by atoms with Crippen LogP contribution in [0.4, 0.5) is 5.13 Å². The van der Waals surface area contributed by atoms with E-state index < -0.39 is 0 Å². The molecule has 2 aromatic rings. The molecule has 2 heterocycles. The maximum Gasteiger partial charge on any atom is 0.230 e. The van der Waals surface area contributed by atoms with E-state index in [0.717, 1.165) is 34.3 Å². The molecule has 0 aliphatic carbocycles. The van der Waals surface area contributed by atoms with Gasteiger partial charge in [0, 0.05) is 10.9 Å². The van der Waals surface area contributed by atoms with E-state index in [-0.39, 0.29) is 12.3 Å². The second kappa shape index (κ2) is 7.94. The minimum Gasteiger partial charge on any atom is -0.486 e. The first-order valence-electron chi connectivity index (χ1n) is 7.86. The van der Waals surface area contributed by atoms with Crippen molar-refractivity contribution >= 4 is 38.3 Å². The molecular formula is C16H18BrN3O3S. The third kappa shape index (κ3) is 4.24. The van der Waals surface area contributed by atoms with Gasteiger partial charge in [-0.2, -0.15) is 0 Å². The van der Waals surface area contributed by atoms with Gasteiger partial charge in [-0.1, -0.05) is 40.6 Å². The lowest BCUT2D eigenvalue weighted by Crippen LogP contribution is -2.17. The van der Waals surface area contributed by atoms with Gasteiger partial charge in [0.15, 0.2) is 11.5 Å².